The first-order valence-electron chi connectivity index (χ1n) is 13.4. The van der Waals surface area contributed by atoms with Crippen molar-refractivity contribution in [2.45, 2.75) is 25.1 Å². The third-order valence-corrected chi connectivity index (χ3v) is 8.39. The van der Waals surface area contributed by atoms with Gasteiger partial charge in [0.2, 0.25) is 0 Å². The van der Waals surface area contributed by atoms with Crippen molar-refractivity contribution >= 4 is 55.4 Å². The number of fused-ring (bicyclic) bond motifs is 10. The topological polar surface area (TPSA) is 87.6 Å². The van der Waals surface area contributed by atoms with E-state index in [1.165, 1.54) is 4.90 Å². The van der Waals surface area contributed by atoms with E-state index in [0.717, 1.165) is 49.2 Å². The van der Waals surface area contributed by atoms with Crippen LogP contribution in [0.3, 0.4) is 0 Å². The number of aromatic nitrogens is 2. The van der Waals surface area contributed by atoms with Crippen molar-refractivity contribution in [3.8, 4) is 5.75 Å². The largest absolute Gasteiger partial charge is 0.497 e. The fraction of sp³-hybridized carbons (Fsp3) is 0.152. The van der Waals surface area contributed by atoms with Gasteiger partial charge >= 0.3 is 0 Å². The lowest BCUT2D eigenvalue weighted by Gasteiger charge is -2.16. The van der Waals surface area contributed by atoms with Crippen LogP contribution in [0.25, 0.3) is 43.6 Å². The fourth-order valence-electron chi connectivity index (χ4n) is 6.64. The average Bonchev–Trinajstić information content (AvgIpc) is 3.72. The molecule has 0 saturated carbocycles. The predicted octanol–water partition coefficient (Wildman–Crippen LogP) is 6.10. The van der Waals surface area contributed by atoms with Crippen LogP contribution < -0.4 is 4.74 Å². The molecule has 0 saturated heterocycles. The van der Waals surface area contributed by atoms with E-state index in [9.17, 15) is 14.7 Å². The van der Waals surface area contributed by atoms with Crippen molar-refractivity contribution < 1.29 is 19.4 Å². The number of aliphatic hydroxyl groups is 1. The Hall–Kier alpha value is -4.88. The lowest BCUT2D eigenvalue weighted by molar-refractivity contribution is 0.0643. The van der Waals surface area contributed by atoms with Gasteiger partial charge in [-0.2, -0.15) is 0 Å². The Kier molecular flexibility index (Phi) is 4.79. The first kappa shape index (κ1) is 23.0. The highest BCUT2D eigenvalue weighted by atomic mass is 16.5. The van der Waals surface area contributed by atoms with E-state index in [1.807, 2.05) is 84.9 Å². The minimum absolute atomic E-state index is 0.0901. The average molecular weight is 528 g/mol. The number of imide groups is 1. The number of methoxy groups -OCH3 is 1. The Morgan fingerprint density at radius 1 is 0.875 bits per heavy atom. The van der Waals surface area contributed by atoms with Crippen LogP contribution in [-0.4, -0.2) is 44.6 Å². The molecule has 0 radical (unpaired) electrons. The Balaban J connectivity index is 1.47. The number of H-pyrrole nitrogens is 1. The molecule has 0 spiro atoms. The van der Waals surface area contributed by atoms with Crippen LogP contribution in [0.2, 0.25) is 0 Å². The first-order chi connectivity index (χ1) is 19.5. The van der Waals surface area contributed by atoms with Gasteiger partial charge in [0.05, 0.1) is 48.0 Å². The van der Waals surface area contributed by atoms with Gasteiger partial charge in [0.25, 0.3) is 11.8 Å². The van der Waals surface area contributed by atoms with Gasteiger partial charge in [0, 0.05) is 39.0 Å². The third-order valence-electron chi connectivity index (χ3n) is 8.39. The maximum absolute atomic E-state index is 14.3. The fourth-order valence-corrected chi connectivity index (χ4v) is 6.64. The van der Waals surface area contributed by atoms with Crippen LogP contribution in [0.15, 0.2) is 84.9 Å². The van der Waals surface area contributed by atoms with Gasteiger partial charge in [-0.1, -0.05) is 60.7 Å². The molecule has 2 atom stereocenters. The molecule has 2 N–H and O–H groups in total. The number of carbonyl (C=O) groups is 2. The Labute approximate surface area is 228 Å². The molecule has 2 aliphatic rings. The van der Waals surface area contributed by atoms with Crippen LogP contribution in [0.4, 0.5) is 0 Å². The molecule has 3 heterocycles. The van der Waals surface area contributed by atoms with Gasteiger partial charge in [-0.15, -0.1) is 0 Å². The quantitative estimate of drug-likeness (QED) is 0.214. The summed E-state index contributed by atoms with van der Waals surface area (Å²) in [4.78, 5) is 33.4. The minimum atomic E-state index is -0.531. The van der Waals surface area contributed by atoms with Crippen LogP contribution in [0.1, 0.15) is 38.7 Å². The molecule has 2 unspecified atom stereocenters. The molecular formula is C33H25N3O4. The van der Waals surface area contributed by atoms with Gasteiger partial charge in [-0.25, -0.2) is 0 Å². The van der Waals surface area contributed by atoms with Gasteiger partial charge in [0.1, 0.15) is 5.75 Å². The summed E-state index contributed by atoms with van der Waals surface area (Å²) in [5.74, 6) is 0.130. The van der Waals surface area contributed by atoms with Crippen molar-refractivity contribution in [3.05, 3.63) is 102 Å². The highest BCUT2D eigenvalue weighted by Gasteiger charge is 2.42. The second-order valence-electron chi connectivity index (χ2n) is 10.6. The maximum Gasteiger partial charge on any atom is 0.262 e. The summed E-state index contributed by atoms with van der Waals surface area (Å²) < 4.78 is 7.50. The number of benzene rings is 4. The van der Waals surface area contributed by atoms with Gasteiger partial charge in [0.15, 0.2) is 0 Å². The molecule has 0 bridgehead atoms. The summed E-state index contributed by atoms with van der Waals surface area (Å²) in [6.45, 7) is 0.165. The molecule has 7 heteroatoms. The van der Waals surface area contributed by atoms with Crippen molar-refractivity contribution in [1.29, 1.82) is 0 Å². The minimum Gasteiger partial charge on any atom is -0.497 e. The van der Waals surface area contributed by atoms with E-state index >= 15 is 0 Å². The van der Waals surface area contributed by atoms with Gasteiger partial charge in [-0.05, 0) is 29.8 Å². The van der Waals surface area contributed by atoms with E-state index in [0.29, 0.717) is 23.3 Å². The summed E-state index contributed by atoms with van der Waals surface area (Å²) in [5.41, 5.74) is 5.31. The number of nitrogens with zero attached hydrogens (tertiary/aromatic N) is 2. The molecule has 7 nitrogen and oxygen atoms in total. The van der Waals surface area contributed by atoms with E-state index < -0.39 is 6.10 Å². The second kappa shape index (κ2) is 8.31. The van der Waals surface area contributed by atoms with E-state index in [1.54, 1.807) is 7.11 Å². The van der Waals surface area contributed by atoms with E-state index in [2.05, 4.69) is 9.55 Å². The number of aliphatic hydroxyl groups excluding tert-OH is 1. The van der Waals surface area contributed by atoms with Crippen LogP contribution in [0.5, 0.6) is 5.75 Å². The number of hydrogen-bond acceptors (Lipinski definition) is 4. The Morgan fingerprint density at radius 3 is 2.30 bits per heavy atom. The van der Waals surface area contributed by atoms with Gasteiger partial charge < -0.3 is 19.4 Å². The number of nitrogens with one attached hydrogen (secondary N) is 1. The van der Waals surface area contributed by atoms with Crippen LogP contribution in [0, 0.1) is 0 Å². The summed E-state index contributed by atoms with van der Waals surface area (Å²) in [5, 5.41) is 13.7. The van der Waals surface area contributed by atoms with Crippen LogP contribution in [-0.2, 0) is 6.54 Å². The lowest BCUT2D eigenvalue weighted by Crippen LogP contribution is -2.29. The highest BCUT2D eigenvalue weighted by Crippen LogP contribution is 2.47. The van der Waals surface area contributed by atoms with Crippen molar-refractivity contribution in [3.63, 3.8) is 0 Å². The number of para-hydroxylation sites is 2. The normalized spacial score (nSPS) is 18.7. The zero-order valence-corrected chi connectivity index (χ0v) is 21.7. The molecular weight excluding hydrogens is 502 g/mol. The summed E-state index contributed by atoms with van der Waals surface area (Å²) in [6, 6.07) is 23.2. The summed E-state index contributed by atoms with van der Waals surface area (Å²) in [6.07, 6.45) is 3.87. The number of rotatable bonds is 4. The number of carbonyl (C=O) groups excluding carboxylic acids is 2. The monoisotopic (exact) mass is 527 g/mol. The molecule has 2 amide bonds. The second-order valence-corrected chi connectivity index (χ2v) is 10.6. The molecule has 4 aromatic carbocycles. The zero-order valence-electron chi connectivity index (χ0n) is 21.7. The molecule has 2 aromatic heterocycles. The predicted molar refractivity (Wildman–Crippen MR) is 155 cm³/mol. The molecule has 1 aliphatic heterocycles. The standard InChI is InChI=1S/C33H25N3O4/c1-40-21-14-10-18(11-15-21)17-35-32(38)28-26-22-6-2-4-8-24(22)34-30(26)31-27(29(28)33(35)39)23-7-3-5-9-25(23)36(31)19-12-13-20(37)16-19/h2-15,19-20,34,37H,16-17H2,1H3. The summed E-state index contributed by atoms with van der Waals surface area (Å²) >= 11 is 0. The highest BCUT2D eigenvalue weighted by molar-refractivity contribution is 6.39. The van der Waals surface area contributed by atoms with Crippen molar-refractivity contribution in [2.75, 3.05) is 7.11 Å². The molecule has 0 fully saturated rings. The third kappa shape index (κ3) is 3.03. The molecule has 6 aromatic rings. The van der Waals surface area contributed by atoms with Crippen molar-refractivity contribution in [2.24, 2.45) is 0 Å². The number of ether oxygens (including phenoxy) is 1. The smallest absolute Gasteiger partial charge is 0.262 e. The zero-order chi connectivity index (χ0) is 27.1. The van der Waals surface area contributed by atoms with Crippen molar-refractivity contribution in [1.82, 2.24) is 14.5 Å². The maximum atomic E-state index is 14.3. The molecule has 8 rings (SSSR count). The first-order valence-corrected chi connectivity index (χ1v) is 13.4. The Morgan fingerprint density at radius 2 is 1.57 bits per heavy atom. The molecule has 196 valence electrons. The number of hydrogen-bond donors (Lipinski definition) is 2. The van der Waals surface area contributed by atoms with Crippen LogP contribution >= 0.6 is 0 Å². The van der Waals surface area contributed by atoms with E-state index in [-0.39, 0.29) is 24.4 Å². The molecule has 1 aliphatic carbocycles. The summed E-state index contributed by atoms with van der Waals surface area (Å²) in [7, 11) is 1.61. The van der Waals surface area contributed by atoms with Gasteiger partial charge in [-0.3, -0.25) is 14.5 Å². The van der Waals surface area contributed by atoms with E-state index in [4.69, 9.17) is 4.74 Å². The number of aromatic amines is 1. The SMILES string of the molecule is COc1ccc(CN2C(=O)c3c(c4c5ccccc5n(C5C=CC(O)C5)c4c4[nH]c5ccccc5c34)C2=O)cc1. The number of allylic oxidation sites excluding steroid dienone is 1. The lowest BCUT2D eigenvalue weighted by atomic mass is 9.96. The molecule has 40 heavy (non-hydrogen) atoms. The Bertz CT molecular complexity index is 2070. The number of amides is 2.